The predicted molar refractivity (Wildman–Crippen MR) is 145 cm³/mol. The van der Waals surface area contributed by atoms with Gasteiger partial charge in [-0.15, -0.1) is 0 Å². The van der Waals surface area contributed by atoms with E-state index in [1.54, 1.807) is 25.1 Å². The zero-order valence-corrected chi connectivity index (χ0v) is 22.5. The van der Waals surface area contributed by atoms with Crippen LogP contribution in [-0.2, 0) is 21.8 Å². The lowest BCUT2D eigenvalue weighted by Gasteiger charge is -2.29. The molecule has 0 saturated heterocycles. The van der Waals surface area contributed by atoms with E-state index in [0.717, 1.165) is 22.4 Å². The van der Waals surface area contributed by atoms with E-state index in [1.807, 2.05) is 43.3 Å². The third-order valence-corrected chi connectivity index (χ3v) is 6.89. The van der Waals surface area contributed by atoms with Crippen molar-refractivity contribution < 1.29 is 22.8 Å². The van der Waals surface area contributed by atoms with E-state index in [2.05, 4.69) is 10.5 Å². The van der Waals surface area contributed by atoms with Gasteiger partial charge in [-0.05, 0) is 53.1 Å². The van der Waals surface area contributed by atoms with Gasteiger partial charge in [0.05, 0.1) is 5.71 Å². The number of nitrogens with zero attached hydrogens (tertiary/aromatic N) is 2. The number of hydrogen-bond donors (Lipinski definition) is 1. The van der Waals surface area contributed by atoms with E-state index >= 15 is 0 Å². The van der Waals surface area contributed by atoms with Crippen molar-refractivity contribution in [3.8, 4) is 11.1 Å². The summed E-state index contributed by atoms with van der Waals surface area (Å²) in [5.74, 6) is -0.105. The van der Waals surface area contributed by atoms with Crippen molar-refractivity contribution in [2.24, 2.45) is 5.16 Å². The minimum absolute atomic E-state index is 0.0649. The molecule has 3 aromatic carbocycles. The Balaban J connectivity index is 1.74. The van der Waals surface area contributed by atoms with Gasteiger partial charge in [0.15, 0.2) is 0 Å². The van der Waals surface area contributed by atoms with Gasteiger partial charge in [0, 0.05) is 60.3 Å². The van der Waals surface area contributed by atoms with Crippen LogP contribution >= 0.6 is 23.2 Å². The molecule has 1 amide bonds. The maximum Gasteiger partial charge on any atom is 0.435 e. The van der Waals surface area contributed by atoms with Crippen LogP contribution in [0.4, 0.5) is 18.9 Å². The Bertz CT molecular complexity index is 1350. The van der Waals surface area contributed by atoms with E-state index in [1.165, 1.54) is 18.2 Å². The topological polar surface area (TPSA) is 53.9 Å². The maximum atomic E-state index is 14.4. The summed E-state index contributed by atoms with van der Waals surface area (Å²) in [6.45, 7) is 2.03. The van der Waals surface area contributed by atoms with Gasteiger partial charge in [-0.25, -0.2) is 0 Å². The first-order valence-corrected chi connectivity index (χ1v) is 12.6. The number of oxime groups is 1. The second kappa shape index (κ2) is 10.9. The molecule has 0 radical (unpaired) electrons. The number of nitrogens with one attached hydrogen (secondary N) is 1. The molecule has 0 bridgehead atoms. The van der Waals surface area contributed by atoms with E-state index < -0.39 is 18.2 Å². The number of amides is 1. The van der Waals surface area contributed by atoms with Gasteiger partial charge in [-0.3, -0.25) is 4.79 Å². The molecule has 10 heteroatoms. The molecule has 1 N–H and O–H groups in total. The normalized spacial score (nSPS) is 17.1. The fourth-order valence-electron chi connectivity index (χ4n) is 4.28. The summed E-state index contributed by atoms with van der Waals surface area (Å²) in [6, 6.07) is 16.7. The lowest BCUT2D eigenvalue weighted by molar-refractivity contribution is -0.275. The van der Waals surface area contributed by atoms with E-state index in [0.29, 0.717) is 12.0 Å². The van der Waals surface area contributed by atoms with Crippen molar-refractivity contribution >= 4 is 40.5 Å². The van der Waals surface area contributed by atoms with Gasteiger partial charge in [0.25, 0.3) is 5.60 Å². The Kier molecular flexibility index (Phi) is 7.95. The third-order valence-electron chi connectivity index (χ3n) is 6.45. The number of carbonyl (C=O) groups excluding carboxylic acids is 1. The summed E-state index contributed by atoms with van der Waals surface area (Å²) >= 11 is 12.0. The molecule has 0 saturated carbocycles. The van der Waals surface area contributed by atoms with Crippen LogP contribution in [-0.4, -0.2) is 31.9 Å². The summed E-state index contributed by atoms with van der Waals surface area (Å²) in [4.78, 5) is 19.0. The van der Waals surface area contributed by atoms with Gasteiger partial charge in [-0.1, -0.05) is 59.5 Å². The predicted octanol–water partition coefficient (Wildman–Crippen LogP) is 7.33. The zero-order valence-electron chi connectivity index (χ0n) is 21.0. The summed E-state index contributed by atoms with van der Waals surface area (Å²) in [5, 5.41) is 6.88. The second-order valence-corrected chi connectivity index (χ2v) is 10.1. The third kappa shape index (κ3) is 5.61. The molecule has 1 heterocycles. The number of halogens is 5. The smallest absolute Gasteiger partial charge is 0.378 e. The molecule has 200 valence electrons. The molecular weight excluding hydrogens is 538 g/mol. The fourth-order valence-corrected chi connectivity index (χ4v) is 4.81. The molecule has 0 aliphatic carbocycles. The average molecular weight is 564 g/mol. The van der Waals surface area contributed by atoms with Crippen LogP contribution in [0.3, 0.4) is 0 Å². The van der Waals surface area contributed by atoms with Gasteiger partial charge in [0.1, 0.15) is 0 Å². The molecule has 3 aromatic rings. The Morgan fingerprint density at radius 2 is 1.66 bits per heavy atom. The largest absolute Gasteiger partial charge is 0.435 e. The minimum Gasteiger partial charge on any atom is -0.378 e. The summed E-state index contributed by atoms with van der Waals surface area (Å²) in [5.41, 5.74) is 1.09. The highest BCUT2D eigenvalue weighted by Gasteiger charge is 2.62. The van der Waals surface area contributed by atoms with Gasteiger partial charge in [0.2, 0.25) is 5.91 Å². The van der Waals surface area contributed by atoms with Crippen molar-refractivity contribution in [3.63, 3.8) is 0 Å². The lowest BCUT2D eigenvalue weighted by atomic mass is 9.85. The Labute approximate surface area is 229 Å². The standard InChI is InChI=1S/C28H26Cl2F3N3O2/c1-4-26(37)34-16-19-6-5-18(11-24(19)17-7-9-23(10-8-17)36(2)3)25-15-27(38-35-25,28(31,32)33)20-12-21(29)14-22(30)13-20/h5-14H,4,15-16H2,1-3H3,(H,34,37). The highest BCUT2D eigenvalue weighted by molar-refractivity contribution is 6.34. The number of carbonyl (C=O) groups is 1. The first-order valence-electron chi connectivity index (χ1n) is 11.9. The van der Waals surface area contributed by atoms with Crippen LogP contribution in [0, 0.1) is 0 Å². The molecule has 1 unspecified atom stereocenters. The summed E-state index contributed by atoms with van der Waals surface area (Å²) in [7, 11) is 3.86. The number of hydrogen-bond acceptors (Lipinski definition) is 4. The highest BCUT2D eigenvalue weighted by Crippen LogP contribution is 2.50. The fraction of sp³-hybridized carbons (Fsp3) is 0.286. The second-order valence-electron chi connectivity index (χ2n) is 9.23. The molecule has 1 aliphatic heterocycles. The summed E-state index contributed by atoms with van der Waals surface area (Å²) in [6.07, 6.45) is -5.01. The quantitative estimate of drug-likeness (QED) is 0.327. The van der Waals surface area contributed by atoms with Crippen LogP contribution in [0.2, 0.25) is 10.0 Å². The zero-order chi connectivity index (χ0) is 27.7. The molecule has 0 fully saturated rings. The van der Waals surface area contributed by atoms with Crippen molar-refractivity contribution in [1.82, 2.24) is 5.32 Å². The number of rotatable bonds is 7. The molecule has 0 aromatic heterocycles. The van der Waals surface area contributed by atoms with Crippen LogP contribution in [0.1, 0.15) is 36.5 Å². The highest BCUT2D eigenvalue weighted by atomic mass is 35.5. The molecule has 4 rings (SSSR count). The summed E-state index contributed by atoms with van der Waals surface area (Å²) < 4.78 is 43.3. The van der Waals surface area contributed by atoms with Crippen LogP contribution in [0.5, 0.6) is 0 Å². The Hall–Kier alpha value is -3.23. The molecule has 1 aliphatic rings. The monoisotopic (exact) mass is 563 g/mol. The van der Waals surface area contributed by atoms with Gasteiger partial charge < -0.3 is 15.1 Å². The molecule has 38 heavy (non-hydrogen) atoms. The molecular formula is C28H26Cl2F3N3O2. The van der Waals surface area contributed by atoms with Gasteiger partial charge >= 0.3 is 6.18 Å². The van der Waals surface area contributed by atoms with Crippen LogP contribution in [0.15, 0.2) is 65.8 Å². The SMILES string of the molecule is CCC(=O)NCc1ccc(C2=NOC(c3cc(Cl)cc(Cl)c3)(C(F)(F)F)C2)cc1-c1ccc(N(C)C)cc1. The van der Waals surface area contributed by atoms with E-state index in [9.17, 15) is 18.0 Å². The van der Waals surface area contributed by atoms with Gasteiger partial charge in [-0.2, -0.15) is 13.2 Å². The maximum absolute atomic E-state index is 14.4. The Morgan fingerprint density at radius 3 is 2.24 bits per heavy atom. The van der Waals surface area contributed by atoms with Crippen molar-refractivity contribution in [1.29, 1.82) is 0 Å². The van der Waals surface area contributed by atoms with Crippen molar-refractivity contribution in [2.75, 3.05) is 19.0 Å². The Morgan fingerprint density at radius 1 is 1.03 bits per heavy atom. The number of alkyl halides is 3. The molecule has 1 atom stereocenters. The molecule has 0 spiro atoms. The van der Waals surface area contributed by atoms with Crippen LogP contribution in [0.25, 0.3) is 11.1 Å². The first-order chi connectivity index (χ1) is 17.9. The molecule has 5 nitrogen and oxygen atoms in total. The number of benzene rings is 3. The van der Waals surface area contributed by atoms with Crippen LogP contribution < -0.4 is 10.2 Å². The average Bonchev–Trinajstić information content (AvgIpc) is 3.34. The van der Waals surface area contributed by atoms with Crippen molar-refractivity contribution in [2.45, 2.75) is 38.1 Å². The van der Waals surface area contributed by atoms with Crippen molar-refractivity contribution in [3.05, 3.63) is 87.4 Å². The van der Waals surface area contributed by atoms with E-state index in [4.69, 9.17) is 28.0 Å². The van der Waals surface area contributed by atoms with E-state index in [-0.39, 0.29) is 33.8 Å². The minimum atomic E-state index is -4.79. The number of anilines is 1. The lowest BCUT2D eigenvalue weighted by Crippen LogP contribution is -2.42. The first kappa shape index (κ1) is 27.8.